The fraction of sp³-hybridized carbons (Fsp3) is 0.368. The lowest BCUT2D eigenvalue weighted by molar-refractivity contribution is 0.0741. The molecule has 140 valence electrons. The van der Waals surface area contributed by atoms with Gasteiger partial charge in [-0.15, -0.1) is 10.2 Å². The van der Waals surface area contributed by atoms with E-state index in [0.717, 1.165) is 24.4 Å². The molecule has 0 saturated carbocycles. The van der Waals surface area contributed by atoms with E-state index in [2.05, 4.69) is 33.1 Å². The second-order valence-corrected chi connectivity index (χ2v) is 6.62. The average molecular weight is 368 g/mol. The summed E-state index contributed by atoms with van der Waals surface area (Å²) >= 11 is 0. The van der Waals surface area contributed by atoms with Crippen molar-refractivity contribution in [3.05, 3.63) is 53.7 Å². The van der Waals surface area contributed by atoms with Crippen LogP contribution in [0.15, 0.2) is 36.7 Å². The van der Waals surface area contributed by atoms with Gasteiger partial charge in [-0.25, -0.2) is 9.37 Å². The zero-order chi connectivity index (χ0) is 18.8. The maximum Gasteiger partial charge on any atom is 0.256 e. The lowest BCUT2D eigenvalue weighted by atomic mass is 10.1. The first-order chi connectivity index (χ1) is 13.2. The number of piperazine rings is 1. The van der Waals surface area contributed by atoms with Gasteiger partial charge in [-0.05, 0) is 18.6 Å². The van der Waals surface area contributed by atoms with Gasteiger partial charge in [0.25, 0.3) is 11.7 Å². The minimum Gasteiger partial charge on any atom is -0.354 e. The third-order valence-corrected chi connectivity index (χ3v) is 4.82. The van der Waals surface area contributed by atoms with Crippen LogP contribution in [0.3, 0.4) is 0 Å². The summed E-state index contributed by atoms with van der Waals surface area (Å²) < 4.78 is 15.8. The molecule has 1 aliphatic rings. The summed E-state index contributed by atoms with van der Waals surface area (Å²) in [6, 6.07) is 8.19. The highest BCUT2D eigenvalue weighted by Gasteiger charge is 2.25. The Balaban J connectivity index is 1.53. The molecule has 3 heterocycles. The first kappa shape index (κ1) is 17.4. The summed E-state index contributed by atoms with van der Waals surface area (Å²) in [7, 11) is 0. The van der Waals surface area contributed by atoms with E-state index >= 15 is 0 Å². The Kier molecular flexibility index (Phi) is 4.70. The number of hydrogen-bond acceptors (Lipinski definition) is 5. The number of nitrogens with zero attached hydrogens (tertiary/aromatic N) is 6. The molecule has 0 spiro atoms. The SMILES string of the molecule is CCCc1cc(N2CCN(C(=O)c3ccccc3F)CC2)n2cnnc2n1. The molecule has 0 unspecified atom stereocenters. The van der Waals surface area contributed by atoms with Crippen molar-refractivity contribution < 1.29 is 9.18 Å². The fourth-order valence-electron chi connectivity index (χ4n) is 3.42. The fourth-order valence-corrected chi connectivity index (χ4v) is 3.42. The van der Waals surface area contributed by atoms with Crippen molar-refractivity contribution in [1.29, 1.82) is 0 Å². The predicted molar refractivity (Wildman–Crippen MR) is 99.3 cm³/mol. The third-order valence-electron chi connectivity index (χ3n) is 4.82. The van der Waals surface area contributed by atoms with Crippen LogP contribution in [-0.2, 0) is 6.42 Å². The number of halogens is 1. The zero-order valence-corrected chi connectivity index (χ0v) is 15.2. The lowest BCUT2D eigenvalue weighted by Crippen LogP contribution is -2.49. The van der Waals surface area contributed by atoms with Crippen LogP contribution in [0.4, 0.5) is 10.2 Å². The van der Waals surface area contributed by atoms with Gasteiger partial charge in [-0.3, -0.25) is 9.20 Å². The summed E-state index contributed by atoms with van der Waals surface area (Å²) in [6.45, 7) is 4.49. The largest absolute Gasteiger partial charge is 0.354 e. The molecule has 1 aromatic carbocycles. The van der Waals surface area contributed by atoms with E-state index in [4.69, 9.17) is 0 Å². The van der Waals surface area contributed by atoms with E-state index in [-0.39, 0.29) is 11.5 Å². The monoisotopic (exact) mass is 368 g/mol. The highest BCUT2D eigenvalue weighted by Crippen LogP contribution is 2.20. The van der Waals surface area contributed by atoms with Crippen LogP contribution >= 0.6 is 0 Å². The van der Waals surface area contributed by atoms with Crippen molar-refractivity contribution in [2.45, 2.75) is 19.8 Å². The number of aromatic nitrogens is 4. The van der Waals surface area contributed by atoms with Crippen LogP contribution in [0.2, 0.25) is 0 Å². The van der Waals surface area contributed by atoms with Crippen LogP contribution in [0.5, 0.6) is 0 Å². The lowest BCUT2D eigenvalue weighted by Gasteiger charge is -2.36. The average Bonchev–Trinajstić information content (AvgIpc) is 3.16. The number of amides is 1. The molecule has 2 aromatic heterocycles. The molecular weight excluding hydrogens is 347 g/mol. The third kappa shape index (κ3) is 3.34. The summed E-state index contributed by atoms with van der Waals surface area (Å²) in [5.41, 5.74) is 1.11. The summed E-state index contributed by atoms with van der Waals surface area (Å²) in [5.74, 6) is 0.824. The van der Waals surface area contributed by atoms with Crippen molar-refractivity contribution >= 4 is 17.5 Å². The Morgan fingerprint density at radius 2 is 1.96 bits per heavy atom. The molecule has 1 saturated heterocycles. The van der Waals surface area contributed by atoms with E-state index in [1.54, 1.807) is 23.4 Å². The van der Waals surface area contributed by atoms with Crippen molar-refractivity contribution in [3.63, 3.8) is 0 Å². The number of aryl methyl sites for hydroxylation is 1. The predicted octanol–water partition coefficient (Wildman–Crippen LogP) is 2.18. The maximum absolute atomic E-state index is 13.9. The van der Waals surface area contributed by atoms with Gasteiger partial charge >= 0.3 is 0 Å². The van der Waals surface area contributed by atoms with Gasteiger partial charge in [0, 0.05) is 37.9 Å². The molecule has 1 aliphatic heterocycles. The molecule has 3 aromatic rings. The normalized spacial score (nSPS) is 14.7. The van der Waals surface area contributed by atoms with Crippen molar-refractivity contribution in [2.75, 3.05) is 31.1 Å². The minimum atomic E-state index is -0.477. The van der Waals surface area contributed by atoms with Crippen LogP contribution in [0.1, 0.15) is 29.4 Å². The maximum atomic E-state index is 13.9. The molecule has 1 fully saturated rings. The Morgan fingerprint density at radius 1 is 1.19 bits per heavy atom. The van der Waals surface area contributed by atoms with Gasteiger partial charge in [0.1, 0.15) is 18.0 Å². The van der Waals surface area contributed by atoms with Gasteiger partial charge in [0.15, 0.2) is 0 Å². The van der Waals surface area contributed by atoms with Gasteiger partial charge in [0.2, 0.25) is 0 Å². The number of carbonyl (C=O) groups excluding carboxylic acids is 1. The molecule has 0 aliphatic carbocycles. The standard InChI is InChI=1S/C19H21FN6O/c1-2-5-14-12-17(26-13-21-23-19(26)22-14)24-8-10-25(11-9-24)18(27)15-6-3-4-7-16(15)20/h3-4,6-7,12-13H,2,5,8-11H2,1H3. The zero-order valence-electron chi connectivity index (χ0n) is 15.2. The van der Waals surface area contributed by atoms with Crippen molar-refractivity contribution in [3.8, 4) is 0 Å². The number of anilines is 1. The van der Waals surface area contributed by atoms with Crippen LogP contribution in [-0.4, -0.2) is 56.6 Å². The van der Waals surface area contributed by atoms with E-state index in [0.29, 0.717) is 32.0 Å². The second-order valence-electron chi connectivity index (χ2n) is 6.62. The molecule has 0 atom stereocenters. The molecule has 4 rings (SSSR count). The topological polar surface area (TPSA) is 66.6 Å². The molecule has 8 heteroatoms. The number of carbonyl (C=O) groups is 1. The second kappa shape index (κ2) is 7.30. The molecule has 27 heavy (non-hydrogen) atoms. The van der Waals surface area contributed by atoms with Crippen molar-refractivity contribution in [1.82, 2.24) is 24.5 Å². The van der Waals surface area contributed by atoms with Crippen LogP contribution < -0.4 is 4.90 Å². The summed E-state index contributed by atoms with van der Waals surface area (Å²) in [5, 5.41) is 8.05. The highest BCUT2D eigenvalue weighted by molar-refractivity contribution is 5.94. The van der Waals surface area contributed by atoms with Gasteiger partial charge < -0.3 is 9.80 Å². The molecule has 0 bridgehead atoms. The van der Waals surface area contributed by atoms with Gasteiger partial charge in [-0.2, -0.15) is 0 Å². The molecule has 1 amide bonds. The minimum absolute atomic E-state index is 0.126. The van der Waals surface area contributed by atoms with Crippen LogP contribution in [0.25, 0.3) is 5.78 Å². The van der Waals surface area contributed by atoms with Gasteiger partial charge in [0.05, 0.1) is 5.56 Å². The van der Waals surface area contributed by atoms with Crippen molar-refractivity contribution in [2.24, 2.45) is 0 Å². The number of benzene rings is 1. The Hall–Kier alpha value is -3.03. The Morgan fingerprint density at radius 3 is 2.70 bits per heavy atom. The molecule has 0 N–H and O–H groups in total. The summed E-state index contributed by atoms with van der Waals surface area (Å²) in [6.07, 6.45) is 3.54. The molecule has 7 nitrogen and oxygen atoms in total. The smallest absolute Gasteiger partial charge is 0.256 e. The number of rotatable bonds is 4. The van der Waals surface area contributed by atoms with E-state index in [1.165, 1.54) is 12.1 Å². The molecule has 0 radical (unpaired) electrons. The Labute approximate surface area is 156 Å². The highest BCUT2D eigenvalue weighted by atomic mass is 19.1. The first-order valence-electron chi connectivity index (χ1n) is 9.16. The van der Waals surface area contributed by atoms with E-state index < -0.39 is 5.82 Å². The molecular formula is C19H21FN6O. The quantitative estimate of drug-likeness (QED) is 0.706. The Bertz CT molecular complexity index is 964. The van der Waals surface area contributed by atoms with Crippen LogP contribution in [0, 0.1) is 5.82 Å². The summed E-state index contributed by atoms with van der Waals surface area (Å²) in [4.78, 5) is 21.0. The van der Waals surface area contributed by atoms with Gasteiger partial charge in [-0.1, -0.05) is 25.5 Å². The van der Waals surface area contributed by atoms with E-state index in [1.807, 2.05) is 4.40 Å². The first-order valence-corrected chi connectivity index (χ1v) is 9.16. The number of hydrogen-bond donors (Lipinski definition) is 0. The van der Waals surface area contributed by atoms with E-state index in [9.17, 15) is 9.18 Å². The number of fused-ring (bicyclic) bond motifs is 1.